The molecule has 2 aromatic carbocycles. The Bertz CT molecular complexity index is 692. The van der Waals surface area contributed by atoms with Crippen LogP contribution in [0.4, 0.5) is 5.69 Å². The van der Waals surface area contributed by atoms with Crippen molar-refractivity contribution < 1.29 is 14.3 Å². The van der Waals surface area contributed by atoms with E-state index in [0.29, 0.717) is 22.9 Å². The fraction of sp³-hybridized carbons (Fsp3) is 0.125. The fourth-order valence-corrected chi connectivity index (χ4v) is 2.15. The number of fused-ring (bicyclic) bond motifs is 1. The van der Waals surface area contributed by atoms with Gasteiger partial charge in [-0.15, -0.1) is 0 Å². The summed E-state index contributed by atoms with van der Waals surface area (Å²) in [5.41, 5.74) is 2.24. The number of esters is 1. The van der Waals surface area contributed by atoms with Crippen molar-refractivity contribution in [2.24, 2.45) is 4.99 Å². The van der Waals surface area contributed by atoms with Crippen molar-refractivity contribution >= 4 is 17.4 Å². The maximum absolute atomic E-state index is 11.6. The average Bonchev–Trinajstić information content (AvgIpc) is 2.47. The van der Waals surface area contributed by atoms with Gasteiger partial charge in [-0.1, -0.05) is 24.3 Å². The zero-order chi connectivity index (χ0) is 13.9. The number of nitrogens with zero attached hydrogens (tertiary/aromatic N) is 1. The van der Waals surface area contributed by atoms with Crippen molar-refractivity contribution in [1.29, 1.82) is 0 Å². The molecule has 4 heteroatoms. The number of benzene rings is 2. The number of aliphatic imine (C=N–C) groups is 1. The Balaban J connectivity index is 2.10. The van der Waals surface area contributed by atoms with Crippen LogP contribution in [0.1, 0.15) is 12.0 Å². The van der Waals surface area contributed by atoms with Crippen LogP contribution in [-0.4, -0.2) is 18.8 Å². The number of rotatable bonds is 2. The van der Waals surface area contributed by atoms with Crippen LogP contribution in [0.2, 0.25) is 0 Å². The largest absolute Gasteiger partial charge is 0.494 e. The lowest BCUT2D eigenvalue weighted by atomic mass is 10.0. The first-order chi connectivity index (χ1) is 9.78. The van der Waals surface area contributed by atoms with Crippen LogP contribution in [0.5, 0.6) is 11.5 Å². The molecule has 1 aliphatic heterocycles. The SMILES string of the molecule is COc1ccccc1N=C1CC(=O)Oc2ccccc21. The molecule has 0 amide bonds. The summed E-state index contributed by atoms with van der Waals surface area (Å²) in [5, 5.41) is 0. The van der Waals surface area contributed by atoms with Crippen LogP contribution in [0.25, 0.3) is 0 Å². The number of para-hydroxylation sites is 3. The van der Waals surface area contributed by atoms with Crippen molar-refractivity contribution in [2.75, 3.05) is 7.11 Å². The molecular weight excluding hydrogens is 254 g/mol. The lowest BCUT2D eigenvalue weighted by molar-refractivity contribution is -0.133. The van der Waals surface area contributed by atoms with Gasteiger partial charge in [-0.25, -0.2) is 4.99 Å². The average molecular weight is 267 g/mol. The number of hydrogen-bond acceptors (Lipinski definition) is 4. The molecule has 0 atom stereocenters. The zero-order valence-corrected chi connectivity index (χ0v) is 11.0. The number of methoxy groups -OCH3 is 1. The summed E-state index contributed by atoms with van der Waals surface area (Å²) >= 11 is 0. The van der Waals surface area contributed by atoms with Gasteiger partial charge in [0, 0.05) is 5.56 Å². The minimum atomic E-state index is -0.294. The van der Waals surface area contributed by atoms with Crippen LogP contribution in [-0.2, 0) is 4.79 Å². The fourth-order valence-electron chi connectivity index (χ4n) is 2.15. The molecule has 0 N–H and O–H groups in total. The number of ether oxygens (including phenoxy) is 2. The molecule has 20 heavy (non-hydrogen) atoms. The lowest BCUT2D eigenvalue weighted by Crippen LogP contribution is -2.21. The number of hydrogen-bond donors (Lipinski definition) is 0. The summed E-state index contributed by atoms with van der Waals surface area (Å²) in [6.07, 6.45) is 0.162. The van der Waals surface area contributed by atoms with Gasteiger partial charge in [0.15, 0.2) is 0 Å². The van der Waals surface area contributed by atoms with Gasteiger partial charge in [-0.05, 0) is 24.3 Å². The molecule has 2 aromatic rings. The Hall–Kier alpha value is -2.62. The van der Waals surface area contributed by atoms with Gasteiger partial charge in [0.05, 0.1) is 19.2 Å². The summed E-state index contributed by atoms with van der Waals surface area (Å²) in [5.74, 6) is 0.936. The van der Waals surface area contributed by atoms with E-state index in [-0.39, 0.29) is 12.4 Å². The van der Waals surface area contributed by atoms with Gasteiger partial charge in [0.2, 0.25) is 0 Å². The highest BCUT2D eigenvalue weighted by Crippen LogP contribution is 2.31. The second-order valence-electron chi connectivity index (χ2n) is 4.38. The summed E-state index contributed by atoms with van der Waals surface area (Å²) in [6, 6.07) is 14.9. The molecule has 0 unspecified atom stereocenters. The van der Waals surface area contributed by atoms with Gasteiger partial charge < -0.3 is 9.47 Å². The predicted octanol–water partition coefficient (Wildman–Crippen LogP) is 3.13. The molecule has 0 spiro atoms. The van der Waals surface area contributed by atoms with E-state index < -0.39 is 0 Å². The Kier molecular flexibility index (Phi) is 3.21. The highest BCUT2D eigenvalue weighted by Gasteiger charge is 2.22. The maximum Gasteiger partial charge on any atom is 0.317 e. The summed E-state index contributed by atoms with van der Waals surface area (Å²) in [7, 11) is 1.60. The Morgan fingerprint density at radius 3 is 2.70 bits per heavy atom. The normalized spacial score (nSPS) is 15.7. The van der Waals surface area contributed by atoms with Crippen molar-refractivity contribution in [2.45, 2.75) is 6.42 Å². The second-order valence-corrected chi connectivity index (χ2v) is 4.38. The van der Waals surface area contributed by atoms with E-state index in [1.54, 1.807) is 13.2 Å². The van der Waals surface area contributed by atoms with E-state index in [4.69, 9.17) is 9.47 Å². The molecule has 4 nitrogen and oxygen atoms in total. The van der Waals surface area contributed by atoms with Gasteiger partial charge in [0.25, 0.3) is 0 Å². The van der Waals surface area contributed by atoms with Crippen molar-refractivity contribution in [3.05, 3.63) is 54.1 Å². The summed E-state index contributed by atoms with van der Waals surface area (Å²) < 4.78 is 10.5. The van der Waals surface area contributed by atoms with Gasteiger partial charge in [-0.3, -0.25) is 4.79 Å². The van der Waals surface area contributed by atoms with Crippen molar-refractivity contribution in [1.82, 2.24) is 0 Å². The van der Waals surface area contributed by atoms with Gasteiger partial charge in [0.1, 0.15) is 17.2 Å². The van der Waals surface area contributed by atoms with E-state index in [1.807, 2.05) is 42.5 Å². The molecule has 1 aliphatic rings. The summed E-state index contributed by atoms with van der Waals surface area (Å²) in [4.78, 5) is 16.2. The monoisotopic (exact) mass is 267 g/mol. The standard InChI is InChI=1S/C16H13NO3/c1-19-15-9-5-3-7-12(15)17-13-10-16(18)20-14-8-4-2-6-11(13)14/h2-9H,10H2,1H3. The molecule has 0 aromatic heterocycles. The molecule has 0 saturated heterocycles. The molecular formula is C16H13NO3. The molecule has 1 heterocycles. The Morgan fingerprint density at radius 1 is 1.10 bits per heavy atom. The molecule has 100 valence electrons. The quantitative estimate of drug-likeness (QED) is 0.620. The summed E-state index contributed by atoms with van der Waals surface area (Å²) in [6.45, 7) is 0. The van der Waals surface area contributed by atoms with Gasteiger partial charge >= 0.3 is 5.97 Å². The van der Waals surface area contributed by atoms with Gasteiger partial charge in [-0.2, -0.15) is 0 Å². The topological polar surface area (TPSA) is 47.9 Å². The molecule has 0 aliphatic carbocycles. The molecule has 3 rings (SSSR count). The third-order valence-corrected chi connectivity index (χ3v) is 3.07. The van der Waals surface area contributed by atoms with Crippen LogP contribution < -0.4 is 9.47 Å². The van der Waals surface area contributed by atoms with E-state index in [0.717, 1.165) is 5.56 Å². The number of carbonyl (C=O) groups excluding carboxylic acids is 1. The van der Waals surface area contributed by atoms with E-state index in [1.165, 1.54) is 0 Å². The minimum absolute atomic E-state index is 0.162. The maximum atomic E-state index is 11.6. The second kappa shape index (κ2) is 5.17. The number of carbonyl (C=O) groups is 1. The molecule has 0 radical (unpaired) electrons. The van der Waals surface area contributed by atoms with Crippen molar-refractivity contribution in [3.8, 4) is 11.5 Å². The predicted molar refractivity (Wildman–Crippen MR) is 75.9 cm³/mol. The first-order valence-electron chi connectivity index (χ1n) is 6.28. The lowest BCUT2D eigenvalue weighted by Gasteiger charge is -2.17. The highest BCUT2D eigenvalue weighted by atomic mass is 16.5. The molecule has 0 fully saturated rings. The first-order valence-corrected chi connectivity index (χ1v) is 6.28. The van der Waals surface area contributed by atoms with Crippen LogP contribution >= 0.6 is 0 Å². The van der Waals surface area contributed by atoms with E-state index >= 15 is 0 Å². The molecule has 0 bridgehead atoms. The minimum Gasteiger partial charge on any atom is -0.494 e. The van der Waals surface area contributed by atoms with E-state index in [2.05, 4.69) is 4.99 Å². The first kappa shape index (κ1) is 12.4. The van der Waals surface area contributed by atoms with Crippen LogP contribution in [0, 0.1) is 0 Å². The Morgan fingerprint density at radius 2 is 1.85 bits per heavy atom. The van der Waals surface area contributed by atoms with E-state index in [9.17, 15) is 4.79 Å². The highest BCUT2D eigenvalue weighted by molar-refractivity contribution is 6.14. The Labute approximate surface area is 116 Å². The molecule has 0 saturated carbocycles. The smallest absolute Gasteiger partial charge is 0.317 e. The zero-order valence-electron chi connectivity index (χ0n) is 11.0. The van der Waals surface area contributed by atoms with Crippen LogP contribution in [0.15, 0.2) is 53.5 Å². The third-order valence-electron chi connectivity index (χ3n) is 3.07. The third kappa shape index (κ3) is 2.28. The van der Waals surface area contributed by atoms with Crippen LogP contribution in [0.3, 0.4) is 0 Å². The van der Waals surface area contributed by atoms with Crippen molar-refractivity contribution in [3.63, 3.8) is 0 Å².